The van der Waals surface area contributed by atoms with Crippen LogP contribution < -0.4 is 0 Å². The summed E-state index contributed by atoms with van der Waals surface area (Å²) >= 11 is 0. The van der Waals surface area contributed by atoms with Crippen molar-refractivity contribution in [1.82, 2.24) is 0 Å². The van der Waals surface area contributed by atoms with E-state index in [9.17, 15) is 10.2 Å². The monoisotopic (exact) mass is 330 g/mol. The minimum atomic E-state index is -1.96. The molecule has 2 N–H and O–H groups in total. The van der Waals surface area contributed by atoms with E-state index >= 15 is 0 Å². The van der Waals surface area contributed by atoms with Gasteiger partial charge < -0.3 is 24.1 Å². The topological polar surface area (TPSA) is 68.2 Å². The number of rotatable bonds is 5. The van der Waals surface area contributed by atoms with E-state index in [1.807, 2.05) is 12.2 Å². The van der Waals surface area contributed by atoms with E-state index in [1.165, 1.54) is 0 Å². The van der Waals surface area contributed by atoms with Crippen LogP contribution in [0.5, 0.6) is 0 Å². The number of ether oxygens (including phenoxy) is 2. The van der Waals surface area contributed by atoms with Gasteiger partial charge in [0.15, 0.2) is 8.32 Å². The zero-order valence-corrected chi connectivity index (χ0v) is 15.3. The summed E-state index contributed by atoms with van der Waals surface area (Å²) in [7, 11) is -1.96. The second-order valence-corrected chi connectivity index (χ2v) is 12.7. The molecule has 5 nitrogen and oxygen atoms in total. The molecule has 0 aromatic heterocycles. The van der Waals surface area contributed by atoms with E-state index in [1.54, 1.807) is 0 Å². The zero-order valence-electron chi connectivity index (χ0n) is 14.3. The maximum absolute atomic E-state index is 10.3. The summed E-state index contributed by atoms with van der Waals surface area (Å²) in [5.41, 5.74) is -0.895. The highest BCUT2D eigenvalue weighted by Gasteiger charge is 2.52. The van der Waals surface area contributed by atoms with Crippen LogP contribution in [0.1, 0.15) is 27.2 Å². The van der Waals surface area contributed by atoms with Gasteiger partial charge in [0, 0.05) is 6.42 Å². The Labute approximate surface area is 134 Å². The number of hydrogen-bond acceptors (Lipinski definition) is 5. The minimum absolute atomic E-state index is 0.0748. The molecule has 2 aliphatic heterocycles. The number of hydrogen-bond donors (Lipinski definition) is 2. The van der Waals surface area contributed by atoms with Crippen molar-refractivity contribution in [2.45, 2.75) is 69.2 Å². The van der Waals surface area contributed by atoms with Crippen LogP contribution in [-0.4, -0.2) is 62.3 Å². The van der Waals surface area contributed by atoms with Crippen molar-refractivity contribution in [3.63, 3.8) is 0 Å². The van der Waals surface area contributed by atoms with Gasteiger partial charge in [-0.25, -0.2) is 0 Å². The summed E-state index contributed by atoms with van der Waals surface area (Å²) in [6.07, 6.45) is 3.23. The van der Waals surface area contributed by atoms with Gasteiger partial charge in [-0.3, -0.25) is 0 Å². The average Bonchev–Trinajstić information content (AvgIpc) is 2.83. The third-order valence-corrected chi connectivity index (χ3v) is 9.76. The summed E-state index contributed by atoms with van der Waals surface area (Å²) in [5, 5.41) is 19.9. The summed E-state index contributed by atoms with van der Waals surface area (Å²) in [4.78, 5) is 0. The van der Waals surface area contributed by atoms with E-state index in [2.05, 4.69) is 33.9 Å². The predicted octanol–water partition coefficient (Wildman–Crippen LogP) is 1.84. The molecule has 0 saturated carbocycles. The number of aliphatic hydroxyl groups excluding tert-OH is 2. The van der Waals surface area contributed by atoms with Crippen molar-refractivity contribution in [2.24, 2.45) is 0 Å². The van der Waals surface area contributed by atoms with Crippen LogP contribution in [-0.2, 0) is 13.9 Å². The highest BCUT2D eigenvalue weighted by molar-refractivity contribution is 6.74. The van der Waals surface area contributed by atoms with E-state index in [4.69, 9.17) is 13.9 Å². The van der Waals surface area contributed by atoms with Gasteiger partial charge in [-0.05, 0) is 18.1 Å². The smallest absolute Gasteiger partial charge is 0.192 e. The van der Waals surface area contributed by atoms with Gasteiger partial charge in [0.1, 0.15) is 17.8 Å². The maximum Gasteiger partial charge on any atom is 0.192 e. The van der Waals surface area contributed by atoms with Gasteiger partial charge in [0.05, 0.1) is 25.9 Å². The van der Waals surface area contributed by atoms with E-state index in [-0.39, 0.29) is 30.5 Å². The van der Waals surface area contributed by atoms with Crippen LogP contribution in [0.15, 0.2) is 12.2 Å². The van der Waals surface area contributed by atoms with Gasteiger partial charge in [-0.15, -0.1) is 0 Å². The lowest BCUT2D eigenvalue weighted by Crippen LogP contribution is -2.52. The van der Waals surface area contributed by atoms with E-state index in [0.717, 1.165) is 0 Å². The molecule has 0 amide bonds. The first-order valence-corrected chi connectivity index (χ1v) is 10.9. The Morgan fingerprint density at radius 3 is 2.64 bits per heavy atom. The van der Waals surface area contributed by atoms with Crippen LogP contribution in [0, 0.1) is 0 Å². The molecular weight excluding hydrogens is 300 g/mol. The fourth-order valence-corrected chi connectivity index (χ4v) is 3.66. The number of aliphatic hydroxyl groups is 2. The molecule has 22 heavy (non-hydrogen) atoms. The molecule has 4 atom stereocenters. The third-order valence-electron chi connectivity index (χ3n) is 5.28. The molecule has 0 aromatic carbocycles. The van der Waals surface area contributed by atoms with Crippen LogP contribution in [0.2, 0.25) is 18.1 Å². The molecule has 1 unspecified atom stereocenters. The normalized spacial score (nSPS) is 33.8. The van der Waals surface area contributed by atoms with Crippen molar-refractivity contribution in [3.8, 4) is 0 Å². The predicted molar refractivity (Wildman–Crippen MR) is 87.3 cm³/mol. The van der Waals surface area contributed by atoms with Gasteiger partial charge in [-0.2, -0.15) is 0 Å². The summed E-state index contributed by atoms with van der Waals surface area (Å²) in [5.74, 6) is 0. The highest BCUT2D eigenvalue weighted by atomic mass is 28.4. The van der Waals surface area contributed by atoms with Crippen LogP contribution >= 0.6 is 0 Å². The van der Waals surface area contributed by atoms with Crippen molar-refractivity contribution in [3.05, 3.63) is 12.2 Å². The molecular formula is C16H30O5Si. The van der Waals surface area contributed by atoms with Crippen molar-refractivity contribution < 1.29 is 24.1 Å². The largest absolute Gasteiger partial charge is 0.414 e. The molecule has 0 radical (unpaired) electrons. The van der Waals surface area contributed by atoms with E-state index < -0.39 is 20.0 Å². The van der Waals surface area contributed by atoms with Gasteiger partial charge in [0.25, 0.3) is 0 Å². The van der Waals surface area contributed by atoms with E-state index in [0.29, 0.717) is 13.0 Å². The Morgan fingerprint density at radius 1 is 1.41 bits per heavy atom. The molecule has 2 heterocycles. The minimum Gasteiger partial charge on any atom is -0.414 e. The summed E-state index contributed by atoms with van der Waals surface area (Å²) < 4.78 is 18.1. The van der Waals surface area contributed by atoms with Gasteiger partial charge >= 0.3 is 0 Å². The second kappa shape index (κ2) is 6.34. The standard InChI is InChI=1S/C16H30O5Si/c1-15(2,3)22(4,5)20-11-16(14(18)10-17)9-13-12(21-16)7-6-8-19-13/h6-7,12-14,17-18H,8-11H2,1-5H3/t12-,13-,14?,16+/m1/s1. The number of fused-ring (bicyclic) bond motifs is 1. The fraction of sp³-hybridized carbons (Fsp3) is 0.875. The molecule has 1 fully saturated rings. The molecule has 6 heteroatoms. The van der Waals surface area contributed by atoms with Gasteiger partial charge in [0.2, 0.25) is 0 Å². The maximum atomic E-state index is 10.3. The van der Waals surface area contributed by atoms with Crippen molar-refractivity contribution in [2.75, 3.05) is 19.8 Å². The Balaban J connectivity index is 2.13. The van der Waals surface area contributed by atoms with Crippen molar-refractivity contribution >= 4 is 8.32 Å². The third kappa shape index (κ3) is 3.47. The highest BCUT2D eigenvalue weighted by Crippen LogP contribution is 2.41. The molecule has 0 aromatic rings. The lowest BCUT2D eigenvalue weighted by atomic mass is 9.92. The molecule has 2 aliphatic rings. The first-order chi connectivity index (χ1) is 10.1. The zero-order chi connectivity index (χ0) is 16.6. The Hall–Kier alpha value is -0.243. The molecule has 0 aliphatic carbocycles. The first kappa shape index (κ1) is 18.1. The molecule has 2 rings (SSSR count). The Morgan fingerprint density at radius 2 is 2.09 bits per heavy atom. The summed E-state index contributed by atoms with van der Waals surface area (Å²) in [6.45, 7) is 11.4. The Kier molecular flexibility index (Phi) is 5.21. The lowest BCUT2D eigenvalue weighted by molar-refractivity contribution is -0.141. The second-order valence-electron chi connectivity index (χ2n) is 7.90. The Bertz CT molecular complexity index is 417. The SMILES string of the molecule is CC(C)(C)[Si](C)(C)OC[C@]1(C(O)CO)C[C@H]2OCC=C[C@H]2O1. The average molecular weight is 330 g/mol. The molecule has 1 saturated heterocycles. The van der Waals surface area contributed by atoms with Crippen LogP contribution in [0.4, 0.5) is 0 Å². The first-order valence-electron chi connectivity index (χ1n) is 8.00. The molecule has 128 valence electrons. The van der Waals surface area contributed by atoms with Crippen molar-refractivity contribution in [1.29, 1.82) is 0 Å². The van der Waals surface area contributed by atoms with Crippen LogP contribution in [0.25, 0.3) is 0 Å². The lowest BCUT2D eigenvalue weighted by Gasteiger charge is -2.41. The fourth-order valence-electron chi connectivity index (χ4n) is 2.63. The van der Waals surface area contributed by atoms with Gasteiger partial charge in [-0.1, -0.05) is 32.9 Å². The van der Waals surface area contributed by atoms with Crippen LogP contribution in [0.3, 0.4) is 0 Å². The molecule has 0 spiro atoms. The summed E-state index contributed by atoms with van der Waals surface area (Å²) in [6, 6.07) is 0. The quantitative estimate of drug-likeness (QED) is 0.595. The molecule has 0 bridgehead atoms.